The van der Waals surface area contributed by atoms with E-state index in [1.807, 2.05) is 7.05 Å². The van der Waals surface area contributed by atoms with Gasteiger partial charge in [-0.1, -0.05) is 28.9 Å². The summed E-state index contributed by atoms with van der Waals surface area (Å²) in [6.45, 7) is 4.83. The fraction of sp³-hybridized carbons (Fsp3) is 0.538. The zero-order valence-electron chi connectivity index (χ0n) is 10.5. The first-order valence-corrected chi connectivity index (χ1v) is 6.81. The molecular formula is C13H21BrN2O. The van der Waals surface area contributed by atoms with Crippen molar-refractivity contribution in [2.75, 3.05) is 31.6 Å². The number of aliphatic hydroxyl groups is 1. The molecule has 0 aromatic heterocycles. The molecule has 2 N–H and O–H groups in total. The second kappa shape index (κ2) is 7.69. The molecule has 1 rings (SSSR count). The standard InChI is InChI=1S/C13H21BrN2O/c1-3-6-16(7-8-17)13-9-12(14)5-4-11(13)10-15-2/h4-5,9,15,17H,3,6-8,10H2,1-2H3. The number of nitrogens with zero attached hydrogens (tertiary/aromatic N) is 1. The Kier molecular flexibility index (Phi) is 6.55. The largest absolute Gasteiger partial charge is 0.395 e. The van der Waals surface area contributed by atoms with Gasteiger partial charge in [-0.3, -0.25) is 0 Å². The van der Waals surface area contributed by atoms with Crippen molar-refractivity contribution in [1.29, 1.82) is 0 Å². The third-order valence-corrected chi connectivity index (χ3v) is 3.11. The molecular weight excluding hydrogens is 280 g/mol. The first kappa shape index (κ1) is 14.5. The normalized spacial score (nSPS) is 10.6. The van der Waals surface area contributed by atoms with Crippen LogP contribution in [0.15, 0.2) is 22.7 Å². The number of halogens is 1. The Morgan fingerprint density at radius 2 is 2.12 bits per heavy atom. The minimum absolute atomic E-state index is 0.186. The van der Waals surface area contributed by atoms with Crippen LogP contribution < -0.4 is 10.2 Å². The predicted molar refractivity (Wildman–Crippen MR) is 76.5 cm³/mol. The van der Waals surface area contributed by atoms with Crippen LogP contribution in [0, 0.1) is 0 Å². The second-order valence-corrected chi connectivity index (χ2v) is 4.93. The maximum absolute atomic E-state index is 9.15. The van der Waals surface area contributed by atoms with Crippen LogP contribution in [-0.2, 0) is 6.54 Å². The van der Waals surface area contributed by atoms with Crippen molar-refractivity contribution >= 4 is 21.6 Å². The zero-order chi connectivity index (χ0) is 12.7. The summed E-state index contributed by atoms with van der Waals surface area (Å²) >= 11 is 3.51. The monoisotopic (exact) mass is 300 g/mol. The van der Waals surface area contributed by atoms with Gasteiger partial charge in [0.2, 0.25) is 0 Å². The van der Waals surface area contributed by atoms with E-state index in [4.69, 9.17) is 5.11 Å². The van der Waals surface area contributed by atoms with Crippen LogP contribution in [0.3, 0.4) is 0 Å². The summed E-state index contributed by atoms with van der Waals surface area (Å²) in [6, 6.07) is 6.30. The predicted octanol–water partition coefficient (Wildman–Crippen LogP) is 2.38. The van der Waals surface area contributed by atoms with Crippen LogP contribution in [0.25, 0.3) is 0 Å². The van der Waals surface area contributed by atoms with E-state index >= 15 is 0 Å². The molecule has 1 aromatic carbocycles. The van der Waals surface area contributed by atoms with E-state index in [0.29, 0.717) is 6.54 Å². The lowest BCUT2D eigenvalue weighted by Crippen LogP contribution is -2.29. The molecule has 3 nitrogen and oxygen atoms in total. The molecule has 0 fully saturated rings. The van der Waals surface area contributed by atoms with Crippen molar-refractivity contribution in [3.63, 3.8) is 0 Å². The molecule has 0 aliphatic rings. The quantitative estimate of drug-likeness (QED) is 0.811. The van der Waals surface area contributed by atoms with Crippen molar-refractivity contribution in [2.24, 2.45) is 0 Å². The van der Waals surface area contributed by atoms with Gasteiger partial charge >= 0.3 is 0 Å². The Bertz CT molecular complexity index is 338. The molecule has 0 amide bonds. The highest BCUT2D eigenvalue weighted by molar-refractivity contribution is 9.10. The van der Waals surface area contributed by atoms with E-state index in [0.717, 1.165) is 24.0 Å². The van der Waals surface area contributed by atoms with Gasteiger partial charge in [0.1, 0.15) is 0 Å². The molecule has 0 aliphatic carbocycles. The molecule has 0 radical (unpaired) electrons. The van der Waals surface area contributed by atoms with Gasteiger partial charge in [0.15, 0.2) is 0 Å². The van der Waals surface area contributed by atoms with Gasteiger partial charge in [-0.2, -0.15) is 0 Å². The Hall–Kier alpha value is -0.580. The molecule has 96 valence electrons. The number of hydrogen-bond donors (Lipinski definition) is 2. The molecule has 1 aromatic rings. The molecule has 0 aliphatic heterocycles. The highest BCUT2D eigenvalue weighted by Gasteiger charge is 2.10. The number of rotatable bonds is 7. The fourth-order valence-corrected chi connectivity index (χ4v) is 2.26. The smallest absolute Gasteiger partial charge is 0.0606 e. The lowest BCUT2D eigenvalue weighted by atomic mass is 10.1. The summed E-state index contributed by atoms with van der Waals surface area (Å²) in [5, 5.41) is 12.3. The van der Waals surface area contributed by atoms with Crippen LogP contribution in [0.4, 0.5) is 5.69 Å². The molecule has 0 atom stereocenters. The van der Waals surface area contributed by atoms with Gasteiger partial charge in [-0.05, 0) is 31.2 Å². The fourth-order valence-electron chi connectivity index (χ4n) is 1.91. The van der Waals surface area contributed by atoms with Gasteiger partial charge in [0.05, 0.1) is 6.61 Å². The topological polar surface area (TPSA) is 35.5 Å². The summed E-state index contributed by atoms with van der Waals surface area (Å²) in [5.41, 5.74) is 2.46. The molecule has 0 bridgehead atoms. The Morgan fingerprint density at radius 3 is 2.71 bits per heavy atom. The van der Waals surface area contributed by atoms with E-state index in [1.165, 1.54) is 11.3 Å². The average Bonchev–Trinajstić information content (AvgIpc) is 2.31. The number of aliphatic hydroxyl groups excluding tert-OH is 1. The summed E-state index contributed by atoms with van der Waals surface area (Å²) in [5.74, 6) is 0. The molecule has 0 heterocycles. The molecule has 17 heavy (non-hydrogen) atoms. The zero-order valence-corrected chi connectivity index (χ0v) is 12.1. The molecule has 0 saturated carbocycles. The highest BCUT2D eigenvalue weighted by atomic mass is 79.9. The van der Waals surface area contributed by atoms with Gasteiger partial charge in [-0.25, -0.2) is 0 Å². The van der Waals surface area contributed by atoms with Gasteiger partial charge < -0.3 is 15.3 Å². The van der Waals surface area contributed by atoms with E-state index in [1.54, 1.807) is 0 Å². The van der Waals surface area contributed by atoms with Crippen LogP contribution in [0.5, 0.6) is 0 Å². The third kappa shape index (κ3) is 4.30. The van der Waals surface area contributed by atoms with Gasteiger partial charge in [-0.15, -0.1) is 0 Å². The first-order chi connectivity index (χ1) is 8.22. The summed E-state index contributed by atoms with van der Waals surface area (Å²) in [4.78, 5) is 2.23. The number of anilines is 1. The van der Waals surface area contributed by atoms with Crippen molar-refractivity contribution in [2.45, 2.75) is 19.9 Å². The molecule has 0 unspecified atom stereocenters. The summed E-state index contributed by atoms with van der Waals surface area (Å²) < 4.78 is 1.08. The lowest BCUT2D eigenvalue weighted by Gasteiger charge is -2.26. The van der Waals surface area contributed by atoms with E-state index in [-0.39, 0.29) is 6.61 Å². The van der Waals surface area contributed by atoms with Gasteiger partial charge in [0.25, 0.3) is 0 Å². The Balaban J connectivity index is 3.00. The van der Waals surface area contributed by atoms with E-state index in [9.17, 15) is 0 Å². The average molecular weight is 301 g/mol. The second-order valence-electron chi connectivity index (χ2n) is 4.01. The van der Waals surface area contributed by atoms with Crippen LogP contribution in [0.2, 0.25) is 0 Å². The van der Waals surface area contributed by atoms with E-state index in [2.05, 4.69) is 51.3 Å². The number of hydrogen-bond acceptors (Lipinski definition) is 3. The van der Waals surface area contributed by atoms with Crippen molar-refractivity contribution in [1.82, 2.24) is 5.32 Å². The van der Waals surface area contributed by atoms with E-state index < -0.39 is 0 Å². The summed E-state index contributed by atoms with van der Waals surface area (Å²) in [7, 11) is 1.95. The summed E-state index contributed by atoms with van der Waals surface area (Å²) in [6.07, 6.45) is 1.07. The van der Waals surface area contributed by atoms with Crippen LogP contribution >= 0.6 is 15.9 Å². The number of benzene rings is 1. The maximum Gasteiger partial charge on any atom is 0.0606 e. The third-order valence-electron chi connectivity index (χ3n) is 2.62. The Morgan fingerprint density at radius 1 is 1.35 bits per heavy atom. The van der Waals surface area contributed by atoms with Crippen molar-refractivity contribution < 1.29 is 5.11 Å². The van der Waals surface area contributed by atoms with Crippen molar-refractivity contribution in [3.8, 4) is 0 Å². The SMILES string of the molecule is CCCN(CCO)c1cc(Br)ccc1CNC. The van der Waals surface area contributed by atoms with Crippen LogP contribution in [0.1, 0.15) is 18.9 Å². The van der Waals surface area contributed by atoms with Gasteiger partial charge in [0, 0.05) is 29.8 Å². The highest BCUT2D eigenvalue weighted by Crippen LogP contribution is 2.25. The minimum atomic E-state index is 0.186. The molecule has 0 saturated heterocycles. The lowest BCUT2D eigenvalue weighted by molar-refractivity contribution is 0.301. The molecule has 0 spiro atoms. The van der Waals surface area contributed by atoms with Crippen molar-refractivity contribution in [3.05, 3.63) is 28.2 Å². The maximum atomic E-state index is 9.15. The number of nitrogens with one attached hydrogen (secondary N) is 1. The Labute approximate surface area is 112 Å². The molecule has 4 heteroatoms. The van der Waals surface area contributed by atoms with Crippen LogP contribution in [-0.4, -0.2) is 31.9 Å². The first-order valence-electron chi connectivity index (χ1n) is 6.01. The minimum Gasteiger partial charge on any atom is -0.395 e.